The Morgan fingerprint density at radius 2 is 2.26 bits per heavy atom. The molecule has 1 aliphatic heterocycles. The number of nitrogens with zero attached hydrogens (tertiary/aromatic N) is 3. The van der Waals surface area contributed by atoms with Gasteiger partial charge in [0.2, 0.25) is 0 Å². The molecule has 1 unspecified atom stereocenters. The van der Waals surface area contributed by atoms with Crippen molar-refractivity contribution in [3.05, 3.63) is 35.8 Å². The molecule has 0 saturated carbocycles. The number of hydrogen-bond acceptors (Lipinski definition) is 3. The van der Waals surface area contributed by atoms with Gasteiger partial charge >= 0.3 is 12.0 Å². The highest BCUT2D eigenvalue weighted by atomic mass is 16.4. The molecule has 2 amide bonds. The molecule has 1 saturated heterocycles. The summed E-state index contributed by atoms with van der Waals surface area (Å²) in [6.07, 6.45) is 3.25. The number of imidazole rings is 1. The molecule has 7 heteroatoms. The van der Waals surface area contributed by atoms with Crippen LogP contribution >= 0.6 is 0 Å². The average molecular weight is 316 g/mol. The van der Waals surface area contributed by atoms with Crippen LogP contribution in [0.1, 0.15) is 24.2 Å². The van der Waals surface area contributed by atoms with Gasteiger partial charge in [0.25, 0.3) is 0 Å². The van der Waals surface area contributed by atoms with Gasteiger partial charge in [-0.2, -0.15) is 0 Å². The fraction of sp³-hybridized carbons (Fsp3) is 0.438. The Kier molecular flexibility index (Phi) is 4.18. The number of carbonyl (C=O) groups is 2. The minimum atomic E-state index is -0.835. The second-order valence-electron chi connectivity index (χ2n) is 5.91. The second kappa shape index (κ2) is 6.28. The first-order chi connectivity index (χ1) is 11.0. The number of piperidine rings is 1. The SMILES string of the molecule is Cc1cccc2nc(CNC(=O)N3CCCC(C(=O)O)C3)cn12. The Hall–Kier alpha value is -2.57. The minimum Gasteiger partial charge on any atom is -0.481 e. The molecule has 1 atom stereocenters. The van der Waals surface area contributed by atoms with Gasteiger partial charge in [-0.25, -0.2) is 9.78 Å². The number of carboxylic acids is 1. The first-order valence-corrected chi connectivity index (χ1v) is 7.74. The van der Waals surface area contributed by atoms with Crippen LogP contribution in [0, 0.1) is 12.8 Å². The van der Waals surface area contributed by atoms with E-state index in [0.717, 1.165) is 23.5 Å². The number of hydrogen-bond donors (Lipinski definition) is 2. The number of aromatic nitrogens is 2. The molecule has 2 aromatic rings. The van der Waals surface area contributed by atoms with E-state index in [1.165, 1.54) is 0 Å². The Balaban J connectivity index is 1.61. The van der Waals surface area contributed by atoms with Gasteiger partial charge in [0, 0.05) is 25.0 Å². The molecule has 0 radical (unpaired) electrons. The number of aliphatic carboxylic acids is 1. The molecular formula is C16H20N4O3. The zero-order valence-electron chi connectivity index (χ0n) is 13.0. The molecule has 2 N–H and O–H groups in total. The number of nitrogens with one attached hydrogen (secondary N) is 1. The third-order valence-corrected chi connectivity index (χ3v) is 4.22. The number of rotatable bonds is 3. The highest BCUT2D eigenvalue weighted by Crippen LogP contribution is 2.16. The van der Waals surface area contributed by atoms with Crippen molar-refractivity contribution in [1.82, 2.24) is 19.6 Å². The van der Waals surface area contributed by atoms with Crippen molar-refractivity contribution in [3.63, 3.8) is 0 Å². The third-order valence-electron chi connectivity index (χ3n) is 4.22. The van der Waals surface area contributed by atoms with E-state index in [0.29, 0.717) is 19.5 Å². The maximum Gasteiger partial charge on any atom is 0.317 e. The summed E-state index contributed by atoms with van der Waals surface area (Å²) >= 11 is 0. The third kappa shape index (κ3) is 3.28. The summed E-state index contributed by atoms with van der Waals surface area (Å²) in [7, 11) is 0. The lowest BCUT2D eigenvalue weighted by molar-refractivity contribution is -0.143. The van der Waals surface area contributed by atoms with E-state index in [4.69, 9.17) is 5.11 Å². The first kappa shape index (κ1) is 15.3. The van der Waals surface area contributed by atoms with Crippen LogP contribution in [0.3, 0.4) is 0 Å². The number of urea groups is 1. The summed E-state index contributed by atoms with van der Waals surface area (Å²) in [4.78, 5) is 29.3. The molecule has 1 fully saturated rings. The number of carbonyl (C=O) groups excluding carboxylic acids is 1. The molecule has 0 aliphatic carbocycles. The number of likely N-dealkylation sites (tertiary alicyclic amines) is 1. The highest BCUT2D eigenvalue weighted by Gasteiger charge is 2.27. The molecule has 2 aromatic heterocycles. The molecule has 1 aliphatic rings. The van der Waals surface area contributed by atoms with Crippen LogP contribution < -0.4 is 5.32 Å². The van der Waals surface area contributed by atoms with E-state index in [2.05, 4.69) is 10.3 Å². The highest BCUT2D eigenvalue weighted by molar-refractivity contribution is 5.76. The Morgan fingerprint density at radius 1 is 1.43 bits per heavy atom. The molecule has 0 spiro atoms. The van der Waals surface area contributed by atoms with Crippen LogP contribution in [0.15, 0.2) is 24.4 Å². The van der Waals surface area contributed by atoms with Crippen LogP contribution in [0.2, 0.25) is 0 Å². The van der Waals surface area contributed by atoms with E-state index in [1.807, 2.05) is 35.7 Å². The number of pyridine rings is 1. The van der Waals surface area contributed by atoms with Crippen molar-refractivity contribution >= 4 is 17.6 Å². The summed E-state index contributed by atoms with van der Waals surface area (Å²) in [5.41, 5.74) is 2.70. The lowest BCUT2D eigenvalue weighted by atomic mass is 9.99. The fourth-order valence-corrected chi connectivity index (χ4v) is 2.93. The Morgan fingerprint density at radius 3 is 3.00 bits per heavy atom. The number of aryl methyl sites for hydroxylation is 1. The molecule has 0 bridgehead atoms. The summed E-state index contributed by atoms with van der Waals surface area (Å²) in [5, 5.41) is 11.9. The molecule has 3 heterocycles. The molecule has 0 aromatic carbocycles. The van der Waals surface area contributed by atoms with Gasteiger partial charge in [-0.3, -0.25) is 4.79 Å². The van der Waals surface area contributed by atoms with Crippen molar-refractivity contribution in [2.45, 2.75) is 26.3 Å². The van der Waals surface area contributed by atoms with Gasteiger partial charge in [0.15, 0.2) is 0 Å². The maximum absolute atomic E-state index is 12.2. The molecular weight excluding hydrogens is 296 g/mol. The standard InChI is InChI=1S/C16H20N4O3/c1-11-4-2-6-14-18-13(10-20(11)14)8-17-16(23)19-7-3-5-12(9-19)15(21)22/h2,4,6,10,12H,3,5,7-9H2,1H3,(H,17,23)(H,21,22). The number of carboxylic acid groups (broad SMARTS) is 1. The van der Waals surface area contributed by atoms with Crippen LogP contribution in [0.25, 0.3) is 5.65 Å². The van der Waals surface area contributed by atoms with Crippen LogP contribution in [0.4, 0.5) is 4.79 Å². The zero-order chi connectivity index (χ0) is 16.4. The number of amides is 2. The summed E-state index contributed by atoms with van der Waals surface area (Å²) in [5.74, 6) is -1.30. The van der Waals surface area contributed by atoms with E-state index in [-0.39, 0.29) is 12.6 Å². The van der Waals surface area contributed by atoms with Crippen LogP contribution in [0.5, 0.6) is 0 Å². The van der Waals surface area contributed by atoms with Crippen molar-refractivity contribution in [2.24, 2.45) is 5.92 Å². The summed E-state index contributed by atoms with van der Waals surface area (Å²) < 4.78 is 1.98. The van der Waals surface area contributed by atoms with Gasteiger partial charge in [-0.05, 0) is 31.9 Å². The Bertz CT molecular complexity index is 740. The van der Waals surface area contributed by atoms with Crippen molar-refractivity contribution in [1.29, 1.82) is 0 Å². The largest absolute Gasteiger partial charge is 0.481 e. The lowest BCUT2D eigenvalue weighted by Gasteiger charge is -2.30. The summed E-state index contributed by atoms with van der Waals surface area (Å²) in [6.45, 7) is 3.19. The molecule has 122 valence electrons. The molecule has 3 rings (SSSR count). The van der Waals surface area contributed by atoms with Gasteiger partial charge in [0.05, 0.1) is 18.2 Å². The monoisotopic (exact) mass is 316 g/mol. The van der Waals surface area contributed by atoms with Crippen molar-refractivity contribution < 1.29 is 14.7 Å². The maximum atomic E-state index is 12.2. The van der Waals surface area contributed by atoms with E-state index in [1.54, 1.807) is 4.90 Å². The summed E-state index contributed by atoms with van der Waals surface area (Å²) in [6, 6.07) is 5.63. The predicted molar refractivity (Wildman–Crippen MR) is 84.1 cm³/mol. The second-order valence-corrected chi connectivity index (χ2v) is 5.91. The van der Waals surface area contributed by atoms with E-state index < -0.39 is 11.9 Å². The van der Waals surface area contributed by atoms with Gasteiger partial charge in [0.1, 0.15) is 5.65 Å². The first-order valence-electron chi connectivity index (χ1n) is 7.74. The van der Waals surface area contributed by atoms with Gasteiger partial charge in [-0.15, -0.1) is 0 Å². The lowest BCUT2D eigenvalue weighted by Crippen LogP contribution is -2.46. The molecule has 23 heavy (non-hydrogen) atoms. The topological polar surface area (TPSA) is 86.9 Å². The van der Waals surface area contributed by atoms with Gasteiger partial charge in [-0.1, -0.05) is 6.07 Å². The van der Waals surface area contributed by atoms with Crippen molar-refractivity contribution in [2.75, 3.05) is 13.1 Å². The Labute approximate surface area is 133 Å². The van der Waals surface area contributed by atoms with E-state index in [9.17, 15) is 9.59 Å². The van der Waals surface area contributed by atoms with Crippen molar-refractivity contribution in [3.8, 4) is 0 Å². The normalized spacial score (nSPS) is 18.1. The van der Waals surface area contributed by atoms with E-state index >= 15 is 0 Å². The van der Waals surface area contributed by atoms with Gasteiger partial charge < -0.3 is 19.7 Å². The average Bonchev–Trinajstić information content (AvgIpc) is 2.97. The van der Waals surface area contributed by atoms with Crippen LogP contribution in [-0.2, 0) is 11.3 Å². The fourth-order valence-electron chi connectivity index (χ4n) is 2.93. The minimum absolute atomic E-state index is 0.232. The quantitative estimate of drug-likeness (QED) is 0.901. The predicted octanol–water partition coefficient (Wildman–Crippen LogP) is 1.65. The smallest absolute Gasteiger partial charge is 0.317 e. The number of fused-ring (bicyclic) bond motifs is 1. The van der Waals surface area contributed by atoms with Crippen LogP contribution in [-0.4, -0.2) is 44.5 Å². The zero-order valence-corrected chi connectivity index (χ0v) is 13.0. The molecule has 7 nitrogen and oxygen atoms in total.